The number of carbonyl (C=O) groups is 1. The molecule has 0 atom stereocenters. The van der Waals surface area contributed by atoms with Crippen LogP contribution in [0, 0.1) is 0 Å². The van der Waals surface area contributed by atoms with Gasteiger partial charge in [0.25, 0.3) is 0 Å². The smallest absolute Gasteiger partial charge is 0.352 e. The van der Waals surface area contributed by atoms with Gasteiger partial charge in [-0.15, -0.1) is 0 Å². The summed E-state index contributed by atoms with van der Waals surface area (Å²) in [5, 5.41) is 8.94. The lowest BCUT2D eigenvalue weighted by Crippen LogP contribution is -2.16. The van der Waals surface area contributed by atoms with Crippen LogP contribution in [0.1, 0.15) is 10.5 Å². The second-order valence-corrected chi connectivity index (χ2v) is 3.86. The van der Waals surface area contributed by atoms with Crippen LogP contribution in [0.15, 0.2) is 29.1 Å². The maximum atomic E-state index is 11.4. The molecule has 2 aromatic rings. The highest BCUT2D eigenvalue weighted by molar-refractivity contribution is 5.86. The quantitative estimate of drug-likeness (QED) is 0.868. The van der Waals surface area contributed by atoms with Crippen molar-refractivity contribution in [3.63, 3.8) is 0 Å². The van der Waals surface area contributed by atoms with Crippen molar-refractivity contribution in [3.8, 4) is 22.8 Å². The van der Waals surface area contributed by atoms with Gasteiger partial charge in [-0.3, -0.25) is 4.98 Å². The number of carboxylic acids is 1. The topological polar surface area (TPSA) is 102 Å². The van der Waals surface area contributed by atoms with Gasteiger partial charge in [0, 0.05) is 11.6 Å². The van der Waals surface area contributed by atoms with Gasteiger partial charge in [-0.1, -0.05) is 0 Å². The molecule has 7 heteroatoms. The summed E-state index contributed by atoms with van der Waals surface area (Å²) < 4.78 is 10.3. The van der Waals surface area contributed by atoms with Crippen molar-refractivity contribution in [2.45, 2.75) is 0 Å². The van der Waals surface area contributed by atoms with Crippen LogP contribution in [0.4, 0.5) is 0 Å². The monoisotopic (exact) mass is 276 g/mol. The molecule has 1 aromatic heterocycles. The van der Waals surface area contributed by atoms with Crippen LogP contribution in [0.25, 0.3) is 11.3 Å². The Bertz CT molecular complexity index is 708. The zero-order chi connectivity index (χ0) is 14.7. The molecule has 2 rings (SSSR count). The fourth-order valence-electron chi connectivity index (χ4n) is 1.72. The van der Waals surface area contributed by atoms with Crippen LogP contribution in [0.2, 0.25) is 0 Å². The molecule has 104 valence electrons. The Morgan fingerprint density at radius 2 is 2.00 bits per heavy atom. The fraction of sp³-hybridized carbons (Fsp3) is 0.154. The van der Waals surface area contributed by atoms with Crippen LogP contribution >= 0.6 is 0 Å². The lowest BCUT2D eigenvalue weighted by molar-refractivity contribution is 0.0690. The lowest BCUT2D eigenvalue weighted by Gasteiger charge is -2.10. The van der Waals surface area contributed by atoms with E-state index in [2.05, 4.69) is 9.97 Å². The highest BCUT2D eigenvalue weighted by Gasteiger charge is 2.13. The van der Waals surface area contributed by atoms with E-state index in [1.807, 2.05) is 0 Å². The number of benzene rings is 1. The van der Waals surface area contributed by atoms with Crippen molar-refractivity contribution in [2.24, 2.45) is 0 Å². The van der Waals surface area contributed by atoms with Gasteiger partial charge in [0.05, 0.1) is 19.9 Å². The maximum absolute atomic E-state index is 11.4. The number of aromatic nitrogens is 2. The van der Waals surface area contributed by atoms with Crippen molar-refractivity contribution >= 4 is 5.97 Å². The van der Waals surface area contributed by atoms with Crippen molar-refractivity contribution in [3.05, 3.63) is 40.4 Å². The van der Waals surface area contributed by atoms with E-state index in [0.717, 1.165) is 0 Å². The third kappa shape index (κ3) is 2.61. The molecule has 20 heavy (non-hydrogen) atoms. The Balaban J connectivity index is 2.61. The molecule has 0 aliphatic carbocycles. The summed E-state index contributed by atoms with van der Waals surface area (Å²) in [5.74, 6) is -0.231. The number of carboxylic acid groups (broad SMARTS) is 1. The molecule has 7 nitrogen and oxygen atoms in total. The molecule has 0 fully saturated rings. The number of nitrogens with one attached hydrogen (secondary N) is 1. The van der Waals surface area contributed by atoms with Gasteiger partial charge >= 0.3 is 11.7 Å². The van der Waals surface area contributed by atoms with E-state index in [1.54, 1.807) is 18.2 Å². The predicted octanol–water partition coefficient (Wildman–Crippen LogP) is 1.15. The summed E-state index contributed by atoms with van der Waals surface area (Å²) in [5.41, 5.74) is -0.261. The number of H-pyrrole nitrogens is 1. The first-order valence-corrected chi connectivity index (χ1v) is 5.62. The van der Waals surface area contributed by atoms with E-state index in [0.29, 0.717) is 17.1 Å². The van der Waals surface area contributed by atoms with Gasteiger partial charge in [0.2, 0.25) is 0 Å². The average Bonchev–Trinajstić information content (AvgIpc) is 2.45. The first kappa shape index (κ1) is 13.6. The number of nitrogens with zero attached hydrogens (tertiary/aromatic N) is 1. The van der Waals surface area contributed by atoms with Crippen LogP contribution in [-0.2, 0) is 0 Å². The summed E-state index contributed by atoms with van der Waals surface area (Å²) in [6.07, 6.45) is 0. The standard InChI is InChI=1S/C13H12N2O5/c1-19-7-3-4-8(11(5-7)20-2)9-6-10(12(16)17)15-13(18)14-9/h3-6H,1-2H3,(H,16,17)(H,14,15,18). The summed E-state index contributed by atoms with van der Waals surface area (Å²) in [4.78, 5) is 28.3. The first-order chi connectivity index (χ1) is 9.55. The van der Waals surface area contributed by atoms with Gasteiger partial charge in [-0.2, -0.15) is 4.98 Å². The summed E-state index contributed by atoms with van der Waals surface area (Å²) in [7, 11) is 2.98. The predicted molar refractivity (Wildman–Crippen MR) is 70.4 cm³/mol. The molecule has 2 N–H and O–H groups in total. The Hall–Kier alpha value is -2.83. The first-order valence-electron chi connectivity index (χ1n) is 5.62. The molecule has 0 unspecified atom stereocenters. The summed E-state index contributed by atoms with van der Waals surface area (Å²) >= 11 is 0. The Kier molecular flexibility index (Phi) is 3.69. The van der Waals surface area contributed by atoms with Crippen molar-refractivity contribution in [1.82, 2.24) is 9.97 Å². The van der Waals surface area contributed by atoms with E-state index in [9.17, 15) is 9.59 Å². The van der Waals surface area contributed by atoms with Gasteiger partial charge in [-0.05, 0) is 18.2 Å². The summed E-state index contributed by atoms with van der Waals surface area (Å²) in [6, 6.07) is 6.21. The normalized spacial score (nSPS) is 10.1. The number of aromatic carboxylic acids is 1. The number of ether oxygens (including phenoxy) is 2. The van der Waals surface area contributed by atoms with Crippen molar-refractivity contribution < 1.29 is 19.4 Å². The molecule has 0 radical (unpaired) electrons. The Morgan fingerprint density at radius 1 is 1.25 bits per heavy atom. The molecule has 0 aliphatic heterocycles. The number of methoxy groups -OCH3 is 2. The van der Waals surface area contributed by atoms with Gasteiger partial charge < -0.3 is 14.6 Å². The molecule has 0 amide bonds. The van der Waals surface area contributed by atoms with Crippen LogP contribution in [0.3, 0.4) is 0 Å². The second kappa shape index (κ2) is 5.43. The van der Waals surface area contributed by atoms with Gasteiger partial charge in [0.1, 0.15) is 17.2 Å². The van der Waals surface area contributed by atoms with Gasteiger partial charge in [0.15, 0.2) is 0 Å². The van der Waals surface area contributed by atoms with E-state index in [-0.39, 0.29) is 11.4 Å². The number of aromatic amines is 1. The molecule has 0 saturated carbocycles. The van der Waals surface area contributed by atoms with Gasteiger partial charge in [-0.25, -0.2) is 9.59 Å². The third-order valence-corrected chi connectivity index (χ3v) is 2.66. The number of rotatable bonds is 4. The fourth-order valence-corrected chi connectivity index (χ4v) is 1.72. The number of hydrogen-bond acceptors (Lipinski definition) is 5. The molecule has 1 aromatic carbocycles. The van der Waals surface area contributed by atoms with Crippen LogP contribution < -0.4 is 15.2 Å². The second-order valence-electron chi connectivity index (χ2n) is 3.86. The molecule has 0 aliphatic rings. The molecule has 0 spiro atoms. The molecule has 0 bridgehead atoms. The minimum atomic E-state index is -1.24. The zero-order valence-electron chi connectivity index (χ0n) is 10.8. The molecular weight excluding hydrogens is 264 g/mol. The minimum absolute atomic E-state index is 0.214. The average molecular weight is 276 g/mol. The molecule has 0 saturated heterocycles. The highest BCUT2D eigenvalue weighted by Crippen LogP contribution is 2.31. The largest absolute Gasteiger partial charge is 0.497 e. The Morgan fingerprint density at radius 3 is 2.60 bits per heavy atom. The third-order valence-electron chi connectivity index (χ3n) is 2.66. The van der Waals surface area contributed by atoms with E-state index < -0.39 is 11.7 Å². The summed E-state index contributed by atoms with van der Waals surface area (Å²) in [6.45, 7) is 0. The van der Waals surface area contributed by atoms with E-state index >= 15 is 0 Å². The maximum Gasteiger partial charge on any atom is 0.352 e. The molecule has 1 heterocycles. The molecular formula is C13H12N2O5. The number of hydrogen-bond donors (Lipinski definition) is 2. The highest BCUT2D eigenvalue weighted by atomic mass is 16.5. The minimum Gasteiger partial charge on any atom is -0.497 e. The SMILES string of the molecule is COc1ccc(-c2cc(C(=O)O)[nH]c(=O)n2)c(OC)c1. The van der Waals surface area contributed by atoms with Crippen molar-refractivity contribution in [2.75, 3.05) is 14.2 Å². The van der Waals surface area contributed by atoms with Crippen LogP contribution in [0.5, 0.6) is 11.5 Å². The van der Waals surface area contributed by atoms with E-state index in [1.165, 1.54) is 20.3 Å². The van der Waals surface area contributed by atoms with Crippen molar-refractivity contribution in [1.29, 1.82) is 0 Å². The Labute approximate surface area is 113 Å². The van der Waals surface area contributed by atoms with E-state index in [4.69, 9.17) is 14.6 Å². The van der Waals surface area contributed by atoms with Crippen LogP contribution in [-0.4, -0.2) is 35.3 Å². The zero-order valence-corrected chi connectivity index (χ0v) is 10.8. The lowest BCUT2D eigenvalue weighted by atomic mass is 10.1.